The van der Waals surface area contributed by atoms with Gasteiger partial charge in [0, 0.05) is 31.7 Å². The Kier molecular flexibility index (Phi) is 5.91. The van der Waals surface area contributed by atoms with Gasteiger partial charge in [-0.1, -0.05) is 36.5 Å². The number of aliphatic hydroxyl groups is 1. The van der Waals surface area contributed by atoms with Gasteiger partial charge in [-0.3, -0.25) is 9.80 Å². The predicted octanol–water partition coefficient (Wildman–Crippen LogP) is 0.821. The highest BCUT2D eigenvalue weighted by molar-refractivity contribution is 7.80. The summed E-state index contributed by atoms with van der Waals surface area (Å²) >= 11 is 5.12. The van der Waals surface area contributed by atoms with E-state index in [2.05, 4.69) is 15.9 Å². The van der Waals surface area contributed by atoms with Crippen LogP contribution >= 0.6 is 12.2 Å². The summed E-state index contributed by atoms with van der Waals surface area (Å²) in [6, 6.07) is 8.11. The maximum absolute atomic E-state index is 9.03. The van der Waals surface area contributed by atoms with Gasteiger partial charge in [0.2, 0.25) is 0 Å². The molecule has 0 atom stereocenters. The molecule has 1 aromatic carbocycles. The molecule has 1 aliphatic rings. The number of aliphatic hydroxyl groups excluding tert-OH is 1. The number of hydrogen-bond acceptors (Lipinski definition) is 4. The smallest absolute Gasteiger partial charge is 0.104 e. The molecule has 1 saturated heterocycles. The van der Waals surface area contributed by atoms with Crippen LogP contribution in [0.25, 0.3) is 0 Å². The molecule has 1 fully saturated rings. The van der Waals surface area contributed by atoms with E-state index in [1.165, 1.54) is 5.56 Å². The van der Waals surface area contributed by atoms with Crippen LogP contribution in [0.5, 0.6) is 0 Å². The normalized spacial score (nSPS) is 17.9. The third-order valence-corrected chi connectivity index (χ3v) is 3.99. The number of β-amino-alcohol motifs (C(OH)–C–C–N with tert-alkyl or cyclic N) is 1. The van der Waals surface area contributed by atoms with Gasteiger partial charge in [0.05, 0.1) is 6.61 Å². The molecule has 0 amide bonds. The molecule has 20 heavy (non-hydrogen) atoms. The first-order valence-corrected chi connectivity index (χ1v) is 7.55. The van der Waals surface area contributed by atoms with Gasteiger partial charge in [-0.25, -0.2) is 0 Å². The summed E-state index contributed by atoms with van der Waals surface area (Å²) in [4.78, 5) is 5.23. The number of nitrogens with two attached hydrogens (primary N) is 1. The average Bonchev–Trinajstić information content (AvgIpc) is 2.65. The lowest BCUT2D eigenvalue weighted by Gasteiger charge is -2.22. The van der Waals surface area contributed by atoms with Gasteiger partial charge < -0.3 is 10.8 Å². The first kappa shape index (κ1) is 15.4. The fraction of sp³-hybridized carbons (Fsp3) is 0.533. The van der Waals surface area contributed by atoms with Crippen molar-refractivity contribution in [2.24, 2.45) is 5.73 Å². The maximum Gasteiger partial charge on any atom is 0.104 e. The van der Waals surface area contributed by atoms with E-state index >= 15 is 0 Å². The van der Waals surface area contributed by atoms with Gasteiger partial charge in [0.15, 0.2) is 0 Å². The fourth-order valence-corrected chi connectivity index (χ4v) is 2.89. The maximum atomic E-state index is 9.03. The Morgan fingerprint density at radius 3 is 2.60 bits per heavy atom. The minimum Gasteiger partial charge on any atom is -0.395 e. The number of benzene rings is 1. The number of hydrogen-bond donors (Lipinski definition) is 2. The zero-order chi connectivity index (χ0) is 14.4. The summed E-state index contributed by atoms with van der Waals surface area (Å²) in [5.41, 5.74) is 7.98. The van der Waals surface area contributed by atoms with Gasteiger partial charge >= 0.3 is 0 Å². The standard InChI is InChI=1S/C15H23N3OS/c16-15(20)14-5-2-1-4-13(14)12-18-7-3-6-17(8-9-18)10-11-19/h1-2,4-5,19H,3,6-12H2,(H2,16,20). The Morgan fingerprint density at radius 2 is 1.85 bits per heavy atom. The molecule has 0 spiro atoms. The van der Waals surface area contributed by atoms with Gasteiger partial charge in [-0.2, -0.15) is 0 Å². The van der Waals surface area contributed by atoms with E-state index < -0.39 is 0 Å². The van der Waals surface area contributed by atoms with Crippen LogP contribution in [-0.2, 0) is 6.54 Å². The molecule has 1 heterocycles. The van der Waals surface area contributed by atoms with Crippen molar-refractivity contribution in [3.05, 3.63) is 35.4 Å². The van der Waals surface area contributed by atoms with E-state index in [-0.39, 0.29) is 6.61 Å². The zero-order valence-corrected chi connectivity index (χ0v) is 12.6. The third kappa shape index (κ3) is 4.24. The van der Waals surface area contributed by atoms with Gasteiger partial charge in [0.25, 0.3) is 0 Å². The molecular weight excluding hydrogens is 270 g/mol. The number of nitrogens with zero attached hydrogens (tertiary/aromatic N) is 2. The Labute approximate surface area is 126 Å². The molecule has 0 aliphatic carbocycles. The first-order valence-electron chi connectivity index (χ1n) is 7.14. The Morgan fingerprint density at radius 1 is 1.15 bits per heavy atom. The van der Waals surface area contributed by atoms with Crippen LogP contribution in [0.4, 0.5) is 0 Å². The molecule has 0 saturated carbocycles. The van der Waals surface area contributed by atoms with E-state index in [4.69, 9.17) is 23.1 Å². The minimum atomic E-state index is 0.240. The lowest BCUT2D eigenvalue weighted by atomic mass is 10.1. The van der Waals surface area contributed by atoms with Crippen molar-refractivity contribution in [1.82, 2.24) is 9.80 Å². The fourth-order valence-electron chi connectivity index (χ4n) is 2.69. The molecule has 0 radical (unpaired) electrons. The van der Waals surface area contributed by atoms with Crippen LogP contribution in [0.15, 0.2) is 24.3 Å². The second kappa shape index (κ2) is 7.69. The minimum absolute atomic E-state index is 0.240. The molecule has 2 rings (SSSR count). The van der Waals surface area contributed by atoms with Crippen molar-refractivity contribution in [2.45, 2.75) is 13.0 Å². The molecule has 3 N–H and O–H groups in total. The molecule has 5 heteroatoms. The van der Waals surface area contributed by atoms with Crippen LogP contribution in [-0.4, -0.2) is 59.2 Å². The van der Waals surface area contributed by atoms with Crippen molar-refractivity contribution >= 4 is 17.2 Å². The van der Waals surface area contributed by atoms with E-state index in [1.54, 1.807) is 0 Å². The molecule has 0 bridgehead atoms. The van der Waals surface area contributed by atoms with Gasteiger partial charge in [-0.05, 0) is 25.1 Å². The highest BCUT2D eigenvalue weighted by Gasteiger charge is 2.15. The van der Waals surface area contributed by atoms with E-state index in [0.717, 1.165) is 51.3 Å². The van der Waals surface area contributed by atoms with Crippen molar-refractivity contribution in [3.8, 4) is 0 Å². The third-order valence-electron chi connectivity index (χ3n) is 3.77. The molecule has 0 aromatic heterocycles. The Bertz CT molecular complexity index is 452. The van der Waals surface area contributed by atoms with E-state index in [1.807, 2.05) is 18.2 Å². The van der Waals surface area contributed by atoms with Crippen LogP contribution in [0.1, 0.15) is 17.5 Å². The van der Waals surface area contributed by atoms with Crippen molar-refractivity contribution < 1.29 is 5.11 Å². The van der Waals surface area contributed by atoms with Crippen LogP contribution < -0.4 is 5.73 Å². The lowest BCUT2D eigenvalue weighted by Crippen LogP contribution is -2.32. The zero-order valence-electron chi connectivity index (χ0n) is 11.8. The first-order chi connectivity index (χ1) is 9.70. The number of thiocarbonyl (C=S) groups is 1. The van der Waals surface area contributed by atoms with E-state index in [0.29, 0.717) is 4.99 Å². The van der Waals surface area contributed by atoms with Crippen molar-refractivity contribution in [3.63, 3.8) is 0 Å². The molecular formula is C15H23N3OS. The molecule has 0 unspecified atom stereocenters. The quantitative estimate of drug-likeness (QED) is 0.787. The second-order valence-electron chi connectivity index (χ2n) is 5.22. The average molecular weight is 293 g/mol. The summed E-state index contributed by atoms with van der Waals surface area (Å²) in [5.74, 6) is 0. The van der Waals surface area contributed by atoms with E-state index in [9.17, 15) is 0 Å². The topological polar surface area (TPSA) is 52.7 Å². The van der Waals surface area contributed by atoms with Crippen LogP contribution in [0.3, 0.4) is 0 Å². The molecule has 110 valence electrons. The highest BCUT2D eigenvalue weighted by atomic mass is 32.1. The monoisotopic (exact) mass is 293 g/mol. The predicted molar refractivity (Wildman–Crippen MR) is 85.7 cm³/mol. The van der Waals surface area contributed by atoms with Crippen molar-refractivity contribution in [2.75, 3.05) is 39.3 Å². The van der Waals surface area contributed by atoms with Crippen LogP contribution in [0.2, 0.25) is 0 Å². The highest BCUT2D eigenvalue weighted by Crippen LogP contribution is 2.13. The summed E-state index contributed by atoms with van der Waals surface area (Å²) in [5, 5.41) is 9.03. The summed E-state index contributed by atoms with van der Waals surface area (Å²) in [6.07, 6.45) is 1.13. The number of rotatable bonds is 5. The summed E-state index contributed by atoms with van der Waals surface area (Å²) < 4.78 is 0. The van der Waals surface area contributed by atoms with Crippen LogP contribution in [0, 0.1) is 0 Å². The summed E-state index contributed by atoms with van der Waals surface area (Å²) in [7, 11) is 0. The molecule has 1 aliphatic heterocycles. The summed E-state index contributed by atoms with van der Waals surface area (Å²) in [6.45, 7) is 6.07. The molecule has 1 aromatic rings. The second-order valence-corrected chi connectivity index (χ2v) is 5.66. The Balaban J connectivity index is 1.98. The molecule has 4 nitrogen and oxygen atoms in total. The largest absolute Gasteiger partial charge is 0.395 e. The van der Waals surface area contributed by atoms with Gasteiger partial charge in [0.1, 0.15) is 4.99 Å². The Hall–Kier alpha value is -1.01. The van der Waals surface area contributed by atoms with Gasteiger partial charge in [-0.15, -0.1) is 0 Å². The SMILES string of the molecule is NC(=S)c1ccccc1CN1CCCN(CCO)CC1. The lowest BCUT2D eigenvalue weighted by molar-refractivity contribution is 0.196. The van der Waals surface area contributed by atoms with Crippen molar-refractivity contribution in [1.29, 1.82) is 0 Å².